The van der Waals surface area contributed by atoms with E-state index < -0.39 is 0 Å². The molecule has 4 rings (SSSR count). The highest BCUT2D eigenvalue weighted by molar-refractivity contribution is 5.84. The van der Waals surface area contributed by atoms with Crippen molar-refractivity contribution in [3.05, 3.63) is 77.9 Å². The average Bonchev–Trinajstić information content (AvgIpc) is 2.96. The molecular formula is C21H18N2O. The molecular weight excluding hydrogens is 296 g/mol. The number of imidazole rings is 1. The summed E-state index contributed by atoms with van der Waals surface area (Å²) in [7, 11) is 0. The summed E-state index contributed by atoms with van der Waals surface area (Å²) in [6.45, 7) is 4.22. The number of benzene rings is 3. The van der Waals surface area contributed by atoms with Gasteiger partial charge in [0.1, 0.15) is 11.6 Å². The SMILES string of the molecule is Cc1ccc(-c2nc3ccc(O)cc3n2-c2ccccc2)cc1C. The van der Waals surface area contributed by atoms with Crippen LogP contribution in [0, 0.1) is 13.8 Å². The number of phenolic OH excluding ortho intramolecular Hbond substituents is 1. The molecule has 118 valence electrons. The molecule has 1 heterocycles. The van der Waals surface area contributed by atoms with Crippen LogP contribution in [0.1, 0.15) is 11.1 Å². The third kappa shape index (κ3) is 2.35. The molecule has 1 N–H and O–H groups in total. The quantitative estimate of drug-likeness (QED) is 0.564. The minimum atomic E-state index is 0.242. The zero-order valence-corrected chi connectivity index (χ0v) is 13.7. The molecule has 3 nitrogen and oxygen atoms in total. The van der Waals surface area contributed by atoms with Crippen LogP contribution in [0.5, 0.6) is 5.75 Å². The molecule has 0 aliphatic heterocycles. The molecule has 0 aliphatic carbocycles. The monoisotopic (exact) mass is 314 g/mol. The summed E-state index contributed by atoms with van der Waals surface area (Å²) in [5.41, 5.74) is 6.36. The fourth-order valence-corrected chi connectivity index (χ4v) is 2.98. The Hall–Kier alpha value is -3.07. The fraction of sp³-hybridized carbons (Fsp3) is 0.0952. The Labute approximate surface area is 140 Å². The number of phenols is 1. The number of hydrogen-bond donors (Lipinski definition) is 1. The topological polar surface area (TPSA) is 38.1 Å². The van der Waals surface area contributed by atoms with Crippen molar-refractivity contribution >= 4 is 11.0 Å². The van der Waals surface area contributed by atoms with Crippen LogP contribution >= 0.6 is 0 Å². The molecule has 0 radical (unpaired) electrons. The molecule has 0 aliphatic rings. The third-order valence-electron chi connectivity index (χ3n) is 4.42. The van der Waals surface area contributed by atoms with Crippen molar-refractivity contribution in [2.24, 2.45) is 0 Å². The van der Waals surface area contributed by atoms with Crippen LogP contribution in [0.15, 0.2) is 66.7 Å². The molecule has 0 atom stereocenters. The van der Waals surface area contributed by atoms with Crippen molar-refractivity contribution in [3.8, 4) is 22.8 Å². The molecule has 24 heavy (non-hydrogen) atoms. The first-order valence-electron chi connectivity index (χ1n) is 7.98. The molecule has 4 aromatic rings. The second-order valence-corrected chi connectivity index (χ2v) is 6.08. The van der Waals surface area contributed by atoms with Gasteiger partial charge in [-0.2, -0.15) is 0 Å². The normalized spacial score (nSPS) is 11.1. The van der Waals surface area contributed by atoms with Gasteiger partial charge in [-0.1, -0.05) is 30.3 Å². The van der Waals surface area contributed by atoms with Gasteiger partial charge in [-0.25, -0.2) is 4.98 Å². The van der Waals surface area contributed by atoms with E-state index in [0.717, 1.165) is 28.1 Å². The Morgan fingerprint density at radius 1 is 0.833 bits per heavy atom. The summed E-state index contributed by atoms with van der Waals surface area (Å²) in [6, 6.07) is 21.8. The maximum Gasteiger partial charge on any atom is 0.145 e. The van der Waals surface area contributed by atoms with Gasteiger partial charge in [0, 0.05) is 17.3 Å². The van der Waals surface area contributed by atoms with E-state index in [1.807, 2.05) is 24.3 Å². The van der Waals surface area contributed by atoms with E-state index in [4.69, 9.17) is 4.98 Å². The third-order valence-corrected chi connectivity index (χ3v) is 4.42. The van der Waals surface area contributed by atoms with E-state index >= 15 is 0 Å². The summed E-state index contributed by atoms with van der Waals surface area (Å²) >= 11 is 0. The average molecular weight is 314 g/mol. The van der Waals surface area contributed by atoms with Gasteiger partial charge in [0.05, 0.1) is 11.0 Å². The summed E-state index contributed by atoms with van der Waals surface area (Å²) in [4.78, 5) is 4.82. The molecule has 0 spiro atoms. The Morgan fingerprint density at radius 3 is 2.38 bits per heavy atom. The maximum atomic E-state index is 9.92. The Morgan fingerprint density at radius 2 is 1.62 bits per heavy atom. The van der Waals surface area contributed by atoms with E-state index in [-0.39, 0.29) is 5.75 Å². The van der Waals surface area contributed by atoms with E-state index in [1.54, 1.807) is 12.1 Å². The summed E-state index contributed by atoms with van der Waals surface area (Å²) < 4.78 is 2.10. The molecule has 0 fully saturated rings. The van der Waals surface area contributed by atoms with Gasteiger partial charge < -0.3 is 5.11 Å². The summed E-state index contributed by atoms with van der Waals surface area (Å²) in [6.07, 6.45) is 0. The van der Waals surface area contributed by atoms with E-state index in [0.29, 0.717) is 0 Å². The van der Waals surface area contributed by atoms with E-state index in [9.17, 15) is 5.11 Å². The number of rotatable bonds is 2. The maximum absolute atomic E-state index is 9.92. The van der Waals surface area contributed by atoms with Crippen molar-refractivity contribution < 1.29 is 5.11 Å². The molecule has 0 amide bonds. The largest absolute Gasteiger partial charge is 0.508 e. The van der Waals surface area contributed by atoms with E-state index in [2.05, 4.69) is 48.7 Å². The van der Waals surface area contributed by atoms with Gasteiger partial charge in [-0.3, -0.25) is 4.57 Å². The summed E-state index contributed by atoms with van der Waals surface area (Å²) in [5, 5.41) is 9.92. The highest BCUT2D eigenvalue weighted by Crippen LogP contribution is 2.31. The number of hydrogen-bond acceptors (Lipinski definition) is 2. The highest BCUT2D eigenvalue weighted by atomic mass is 16.3. The van der Waals surface area contributed by atoms with Crippen molar-refractivity contribution in [2.45, 2.75) is 13.8 Å². The number of aryl methyl sites for hydroxylation is 2. The van der Waals surface area contributed by atoms with Crippen molar-refractivity contribution in [3.63, 3.8) is 0 Å². The number of aromatic nitrogens is 2. The first kappa shape index (κ1) is 14.5. The molecule has 3 heteroatoms. The highest BCUT2D eigenvalue weighted by Gasteiger charge is 2.15. The fourth-order valence-electron chi connectivity index (χ4n) is 2.98. The lowest BCUT2D eigenvalue weighted by Gasteiger charge is -2.11. The smallest absolute Gasteiger partial charge is 0.145 e. The van der Waals surface area contributed by atoms with Crippen molar-refractivity contribution in [1.29, 1.82) is 0 Å². The van der Waals surface area contributed by atoms with Crippen LogP contribution in [-0.4, -0.2) is 14.7 Å². The molecule has 1 aromatic heterocycles. The van der Waals surface area contributed by atoms with Crippen molar-refractivity contribution in [1.82, 2.24) is 9.55 Å². The molecule has 0 bridgehead atoms. The molecule has 0 saturated heterocycles. The zero-order chi connectivity index (χ0) is 16.7. The van der Waals surface area contributed by atoms with Crippen molar-refractivity contribution in [2.75, 3.05) is 0 Å². The van der Waals surface area contributed by atoms with Gasteiger partial charge in [0.25, 0.3) is 0 Å². The van der Waals surface area contributed by atoms with E-state index in [1.165, 1.54) is 11.1 Å². The predicted octanol–water partition coefficient (Wildman–Crippen LogP) is 5.01. The van der Waals surface area contributed by atoms with Gasteiger partial charge in [0.15, 0.2) is 0 Å². The summed E-state index contributed by atoms with van der Waals surface area (Å²) in [5.74, 6) is 1.12. The Bertz CT molecular complexity index is 1030. The van der Waals surface area contributed by atoms with Crippen LogP contribution in [0.3, 0.4) is 0 Å². The number of aromatic hydroxyl groups is 1. The number of nitrogens with zero attached hydrogens (tertiary/aromatic N) is 2. The lowest BCUT2D eigenvalue weighted by molar-refractivity contribution is 0.476. The second kappa shape index (κ2) is 5.53. The lowest BCUT2D eigenvalue weighted by atomic mass is 10.1. The minimum Gasteiger partial charge on any atom is -0.508 e. The van der Waals surface area contributed by atoms with Gasteiger partial charge in [-0.15, -0.1) is 0 Å². The number of fused-ring (bicyclic) bond motifs is 1. The van der Waals surface area contributed by atoms with Gasteiger partial charge in [-0.05, 0) is 55.3 Å². The van der Waals surface area contributed by atoms with Crippen LogP contribution in [-0.2, 0) is 0 Å². The molecule has 3 aromatic carbocycles. The Kier molecular flexibility index (Phi) is 3.35. The standard InChI is InChI=1S/C21H18N2O/c1-14-8-9-16(12-15(14)2)21-22-19-11-10-18(24)13-20(19)23(21)17-6-4-3-5-7-17/h3-13,24H,1-2H3. The van der Waals surface area contributed by atoms with Gasteiger partial charge >= 0.3 is 0 Å². The first-order chi connectivity index (χ1) is 11.6. The number of para-hydroxylation sites is 1. The van der Waals surface area contributed by atoms with Crippen LogP contribution in [0.4, 0.5) is 0 Å². The minimum absolute atomic E-state index is 0.242. The predicted molar refractivity (Wildman–Crippen MR) is 97.6 cm³/mol. The Balaban J connectivity index is 2.06. The second-order valence-electron chi connectivity index (χ2n) is 6.08. The van der Waals surface area contributed by atoms with Crippen LogP contribution in [0.25, 0.3) is 28.1 Å². The van der Waals surface area contributed by atoms with Gasteiger partial charge in [0.2, 0.25) is 0 Å². The zero-order valence-electron chi connectivity index (χ0n) is 13.7. The first-order valence-corrected chi connectivity index (χ1v) is 7.98. The van der Waals surface area contributed by atoms with Crippen LogP contribution < -0.4 is 0 Å². The molecule has 0 saturated carbocycles. The van der Waals surface area contributed by atoms with Crippen LogP contribution in [0.2, 0.25) is 0 Å². The molecule has 0 unspecified atom stereocenters. The lowest BCUT2D eigenvalue weighted by Crippen LogP contribution is -1.97.